The number of methoxy groups -OCH3 is 1. The number of ether oxygens (including phenoxy) is 2. The number of hydrogen-bond acceptors (Lipinski definition) is 8. The zero-order valence-electron chi connectivity index (χ0n) is 20.3. The quantitative estimate of drug-likeness (QED) is 0.0914. The van der Waals surface area contributed by atoms with Gasteiger partial charge in [0, 0.05) is 17.7 Å². The predicted octanol–water partition coefficient (Wildman–Crippen LogP) is 6.01. The molecule has 0 unspecified atom stereocenters. The van der Waals surface area contributed by atoms with Crippen molar-refractivity contribution in [2.45, 2.75) is 13.5 Å². The normalized spacial score (nSPS) is 14.2. The number of amides is 2. The smallest absolute Gasteiger partial charge is 0.293 e. The zero-order chi connectivity index (χ0) is 27.4. The molecule has 4 rings (SSSR count). The Morgan fingerprint density at radius 1 is 1.11 bits per heavy atom. The molecule has 0 bridgehead atoms. The van der Waals surface area contributed by atoms with E-state index in [1.165, 1.54) is 31.4 Å². The zero-order valence-corrected chi connectivity index (χ0v) is 23.3. The third-order valence-electron chi connectivity index (χ3n) is 5.63. The number of ketones is 1. The molecule has 194 valence electrons. The van der Waals surface area contributed by atoms with Gasteiger partial charge in [-0.05, 0) is 82.7 Å². The number of nitro groups is 1. The number of nitro benzene ring substituents is 1. The number of aryl methyl sites for hydroxylation is 1. The molecule has 0 spiro atoms. The molecule has 1 aliphatic heterocycles. The van der Waals surface area contributed by atoms with E-state index in [2.05, 4.69) is 22.6 Å². The van der Waals surface area contributed by atoms with Crippen LogP contribution in [0.25, 0.3) is 6.08 Å². The summed E-state index contributed by atoms with van der Waals surface area (Å²) in [5.74, 6) is -0.0610. The molecule has 2 amide bonds. The molecule has 3 aromatic carbocycles. The lowest BCUT2D eigenvalue weighted by Gasteiger charge is -2.14. The minimum atomic E-state index is -0.594. The van der Waals surface area contributed by atoms with Gasteiger partial charge >= 0.3 is 0 Å². The molecule has 0 saturated carbocycles. The van der Waals surface area contributed by atoms with Gasteiger partial charge in [-0.25, -0.2) is 0 Å². The molecule has 0 aromatic heterocycles. The minimum absolute atomic E-state index is 0.160. The first-order valence-corrected chi connectivity index (χ1v) is 13.1. The number of benzene rings is 3. The fourth-order valence-corrected chi connectivity index (χ4v) is 5.21. The first-order valence-electron chi connectivity index (χ1n) is 11.2. The summed E-state index contributed by atoms with van der Waals surface area (Å²) in [7, 11) is 1.52. The van der Waals surface area contributed by atoms with E-state index in [4.69, 9.17) is 9.47 Å². The van der Waals surface area contributed by atoms with Gasteiger partial charge < -0.3 is 9.47 Å². The van der Waals surface area contributed by atoms with E-state index >= 15 is 0 Å². The number of carbonyl (C=O) groups is 3. The van der Waals surface area contributed by atoms with Gasteiger partial charge in [-0.2, -0.15) is 0 Å². The third-order valence-corrected chi connectivity index (χ3v) is 7.34. The van der Waals surface area contributed by atoms with Crippen molar-refractivity contribution < 1.29 is 28.8 Å². The average Bonchev–Trinajstić information content (AvgIpc) is 3.15. The van der Waals surface area contributed by atoms with Crippen LogP contribution in [0, 0.1) is 20.6 Å². The standard InChI is InChI=1S/C27H21IN2O7S/c1-16-3-5-17(6-4-16)15-37-25-21(28)11-18(12-23(25)36-2)13-24-26(32)29(27(33)38-24)14-22(31)19-7-9-20(10-8-19)30(34)35/h3-13H,14-15H2,1-2H3/b24-13-. The second-order valence-corrected chi connectivity index (χ2v) is 10.5. The number of thioether (sulfide) groups is 1. The Balaban J connectivity index is 1.49. The number of non-ortho nitro benzene ring substituents is 1. The van der Waals surface area contributed by atoms with Crippen LogP contribution in [-0.2, 0) is 11.4 Å². The second-order valence-electron chi connectivity index (χ2n) is 8.30. The lowest BCUT2D eigenvalue weighted by molar-refractivity contribution is -0.384. The fourth-order valence-electron chi connectivity index (χ4n) is 3.59. The van der Waals surface area contributed by atoms with Crippen LogP contribution in [0.15, 0.2) is 65.6 Å². The number of imide groups is 1. The molecule has 0 aliphatic carbocycles. The van der Waals surface area contributed by atoms with Crippen LogP contribution in [0.4, 0.5) is 10.5 Å². The highest BCUT2D eigenvalue weighted by atomic mass is 127. The largest absolute Gasteiger partial charge is 0.493 e. The molecule has 0 N–H and O–H groups in total. The maximum atomic E-state index is 12.9. The van der Waals surface area contributed by atoms with Crippen LogP contribution in [0.3, 0.4) is 0 Å². The van der Waals surface area contributed by atoms with Gasteiger partial charge in [0.15, 0.2) is 17.3 Å². The van der Waals surface area contributed by atoms with Crippen molar-refractivity contribution in [2.75, 3.05) is 13.7 Å². The Hall–Kier alpha value is -3.71. The van der Waals surface area contributed by atoms with E-state index in [0.717, 1.165) is 31.4 Å². The fraction of sp³-hybridized carbons (Fsp3) is 0.148. The average molecular weight is 644 g/mol. The molecule has 1 fully saturated rings. The van der Waals surface area contributed by atoms with E-state index in [-0.39, 0.29) is 16.2 Å². The van der Waals surface area contributed by atoms with Gasteiger partial charge in [0.2, 0.25) is 0 Å². The number of carbonyl (C=O) groups excluding carboxylic acids is 3. The number of nitrogens with zero attached hydrogens (tertiary/aromatic N) is 2. The summed E-state index contributed by atoms with van der Waals surface area (Å²) in [5.41, 5.74) is 2.80. The van der Waals surface area contributed by atoms with E-state index in [1.54, 1.807) is 12.1 Å². The summed E-state index contributed by atoms with van der Waals surface area (Å²) in [4.78, 5) is 49.3. The summed E-state index contributed by atoms with van der Waals surface area (Å²) in [6.07, 6.45) is 1.57. The highest BCUT2D eigenvalue weighted by molar-refractivity contribution is 14.1. The summed E-state index contributed by atoms with van der Waals surface area (Å²) in [6.45, 7) is 1.90. The molecule has 9 nitrogen and oxygen atoms in total. The number of rotatable bonds is 9. The monoisotopic (exact) mass is 644 g/mol. The van der Waals surface area contributed by atoms with Gasteiger partial charge in [-0.15, -0.1) is 0 Å². The van der Waals surface area contributed by atoms with Crippen LogP contribution < -0.4 is 9.47 Å². The Morgan fingerprint density at radius 2 is 1.79 bits per heavy atom. The lowest BCUT2D eigenvalue weighted by Crippen LogP contribution is -2.33. The summed E-state index contributed by atoms with van der Waals surface area (Å²) in [5, 5.41) is 10.2. The number of halogens is 1. The van der Waals surface area contributed by atoms with Gasteiger partial charge in [0.1, 0.15) is 6.61 Å². The Labute approximate surface area is 236 Å². The number of Topliss-reactive ketones (excluding diaryl/α,β-unsaturated/α-hetero) is 1. The van der Waals surface area contributed by atoms with E-state index < -0.39 is 28.4 Å². The molecular formula is C27H21IN2O7S. The summed E-state index contributed by atoms with van der Waals surface area (Å²) >= 11 is 2.86. The highest BCUT2D eigenvalue weighted by Gasteiger charge is 2.36. The van der Waals surface area contributed by atoms with Crippen LogP contribution in [-0.4, -0.2) is 40.4 Å². The van der Waals surface area contributed by atoms with Crippen molar-refractivity contribution in [3.8, 4) is 11.5 Å². The Morgan fingerprint density at radius 3 is 2.42 bits per heavy atom. The van der Waals surface area contributed by atoms with E-state index in [9.17, 15) is 24.5 Å². The van der Waals surface area contributed by atoms with Gasteiger partial charge in [-0.1, -0.05) is 29.8 Å². The number of hydrogen-bond donors (Lipinski definition) is 0. The molecule has 11 heteroatoms. The SMILES string of the molecule is COc1cc(/C=C2\SC(=O)N(CC(=O)c3ccc([N+](=O)[O-])cc3)C2=O)cc(I)c1OCc1ccc(C)cc1. The molecule has 3 aromatic rings. The lowest BCUT2D eigenvalue weighted by atomic mass is 10.1. The molecule has 0 radical (unpaired) electrons. The first-order chi connectivity index (χ1) is 18.2. The van der Waals surface area contributed by atoms with Crippen LogP contribution >= 0.6 is 34.4 Å². The van der Waals surface area contributed by atoms with E-state index in [0.29, 0.717) is 23.7 Å². The molecule has 38 heavy (non-hydrogen) atoms. The topological polar surface area (TPSA) is 116 Å². The predicted molar refractivity (Wildman–Crippen MR) is 151 cm³/mol. The molecule has 1 saturated heterocycles. The Kier molecular flexibility index (Phi) is 8.47. The molecule has 0 atom stereocenters. The van der Waals surface area contributed by atoms with E-state index in [1.807, 2.05) is 37.3 Å². The Bertz CT molecular complexity index is 1450. The molecular weight excluding hydrogens is 623 g/mol. The van der Waals surface area contributed by atoms with Crippen molar-refractivity contribution >= 4 is 63.0 Å². The van der Waals surface area contributed by atoms with Crippen LogP contribution in [0.1, 0.15) is 27.0 Å². The summed E-state index contributed by atoms with van der Waals surface area (Å²) < 4.78 is 12.3. The van der Waals surface area contributed by atoms with Crippen molar-refractivity contribution in [3.05, 3.63) is 102 Å². The highest BCUT2D eigenvalue weighted by Crippen LogP contribution is 2.37. The second kappa shape index (κ2) is 11.8. The maximum absolute atomic E-state index is 12.9. The summed E-state index contributed by atoms with van der Waals surface area (Å²) in [6, 6.07) is 16.5. The van der Waals surface area contributed by atoms with Crippen LogP contribution in [0.5, 0.6) is 11.5 Å². The first kappa shape index (κ1) is 27.3. The molecule has 1 aliphatic rings. The molecule has 1 heterocycles. The third kappa shape index (κ3) is 6.22. The maximum Gasteiger partial charge on any atom is 0.293 e. The van der Waals surface area contributed by atoms with Gasteiger partial charge in [0.25, 0.3) is 16.8 Å². The van der Waals surface area contributed by atoms with Crippen molar-refractivity contribution in [1.29, 1.82) is 0 Å². The van der Waals surface area contributed by atoms with Crippen molar-refractivity contribution in [1.82, 2.24) is 4.90 Å². The van der Waals surface area contributed by atoms with Gasteiger partial charge in [-0.3, -0.25) is 29.4 Å². The van der Waals surface area contributed by atoms with Crippen molar-refractivity contribution in [3.63, 3.8) is 0 Å². The van der Waals surface area contributed by atoms with Gasteiger partial charge in [0.05, 0.1) is 27.1 Å². The van der Waals surface area contributed by atoms with Crippen molar-refractivity contribution in [2.24, 2.45) is 0 Å². The minimum Gasteiger partial charge on any atom is -0.493 e. The van der Waals surface area contributed by atoms with Crippen LogP contribution in [0.2, 0.25) is 0 Å².